The number of hydrogen-bond donors (Lipinski definition) is 2. The van der Waals surface area contributed by atoms with Crippen LogP contribution in [-0.4, -0.2) is 90.8 Å². The summed E-state index contributed by atoms with van der Waals surface area (Å²) in [5.41, 5.74) is 6.47. The highest BCUT2D eigenvalue weighted by atomic mass is 16.4. The van der Waals surface area contributed by atoms with E-state index in [4.69, 9.17) is 4.98 Å². The number of nitriles is 1. The van der Waals surface area contributed by atoms with Gasteiger partial charge in [0, 0.05) is 66.7 Å². The molecule has 5 rings (SSSR count). The van der Waals surface area contributed by atoms with Gasteiger partial charge in [-0.05, 0) is 58.3 Å². The van der Waals surface area contributed by atoms with Crippen LogP contribution in [0, 0.1) is 25.2 Å². The fourth-order valence-electron chi connectivity index (χ4n) is 6.76. The summed E-state index contributed by atoms with van der Waals surface area (Å²) >= 11 is 0. The number of carbonyl (C=O) groups excluding carboxylic acids is 1. The van der Waals surface area contributed by atoms with E-state index in [0.717, 1.165) is 41.2 Å². The molecule has 3 aromatic rings. The van der Waals surface area contributed by atoms with Gasteiger partial charge in [0.2, 0.25) is 0 Å². The molecule has 10 heteroatoms. The molecule has 2 amide bonds. The zero-order valence-corrected chi connectivity index (χ0v) is 25.7. The van der Waals surface area contributed by atoms with Crippen LogP contribution in [0.4, 0.5) is 16.2 Å². The number of likely N-dealkylation sites (N-methyl/N-ethyl adjacent to an activating group) is 1. The average molecular weight is 584 g/mol. The fraction of sp³-hybridized carbons (Fsp3) is 0.455. The number of nitrogens with one attached hydrogen (secondary N) is 1. The molecule has 1 fully saturated rings. The van der Waals surface area contributed by atoms with Crippen molar-refractivity contribution < 1.29 is 14.7 Å². The number of amides is 2. The van der Waals surface area contributed by atoms with Gasteiger partial charge in [0.05, 0.1) is 30.8 Å². The van der Waals surface area contributed by atoms with Crippen LogP contribution in [0.3, 0.4) is 0 Å². The summed E-state index contributed by atoms with van der Waals surface area (Å²) in [6, 6.07) is 14.4. The summed E-state index contributed by atoms with van der Waals surface area (Å²) in [6.45, 7) is 9.26. The molecule has 0 spiro atoms. The molecule has 1 aromatic heterocycles. The van der Waals surface area contributed by atoms with E-state index in [1.807, 2.05) is 32.8 Å². The maximum Gasteiger partial charge on any atom is 0.407 e. The van der Waals surface area contributed by atoms with Crippen LogP contribution in [0.15, 0.2) is 36.4 Å². The third-order valence-corrected chi connectivity index (χ3v) is 8.60. The lowest BCUT2D eigenvalue weighted by Crippen LogP contribution is -2.55. The van der Waals surface area contributed by atoms with Crippen molar-refractivity contribution in [2.45, 2.75) is 52.2 Å². The molecular formula is C33H41N7O3. The molecule has 0 radical (unpaired) electrons. The van der Waals surface area contributed by atoms with Crippen LogP contribution in [0.2, 0.25) is 0 Å². The third kappa shape index (κ3) is 6.09. The summed E-state index contributed by atoms with van der Waals surface area (Å²) in [5, 5.41) is 24.8. The number of aryl methyl sites for hydroxylation is 1. The first kappa shape index (κ1) is 30.1. The molecule has 43 heavy (non-hydrogen) atoms. The van der Waals surface area contributed by atoms with E-state index >= 15 is 0 Å². The Hall–Kier alpha value is -4.36. The highest BCUT2D eigenvalue weighted by molar-refractivity contribution is 5.98. The first-order valence-corrected chi connectivity index (χ1v) is 14.9. The summed E-state index contributed by atoms with van der Waals surface area (Å²) in [5.74, 6) is -0.216. The molecule has 2 aliphatic rings. The van der Waals surface area contributed by atoms with E-state index in [1.165, 1.54) is 21.2 Å². The number of rotatable bonds is 7. The Bertz CT molecular complexity index is 1580. The van der Waals surface area contributed by atoms with Crippen molar-refractivity contribution in [1.29, 1.82) is 5.26 Å². The van der Waals surface area contributed by atoms with Crippen LogP contribution in [0.5, 0.6) is 0 Å². The van der Waals surface area contributed by atoms with Gasteiger partial charge in [-0.2, -0.15) is 5.26 Å². The van der Waals surface area contributed by atoms with Gasteiger partial charge < -0.3 is 30.0 Å². The highest BCUT2D eigenvalue weighted by Crippen LogP contribution is 2.38. The smallest absolute Gasteiger partial charge is 0.407 e. The van der Waals surface area contributed by atoms with Crippen molar-refractivity contribution in [2.75, 3.05) is 56.6 Å². The largest absolute Gasteiger partial charge is 0.465 e. The van der Waals surface area contributed by atoms with Crippen LogP contribution < -0.4 is 15.1 Å². The second-order valence-electron chi connectivity index (χ2n) is 12.1. The van der Waals surface area contributed by atoms with Gasteiger partial charge in [0.15, 0.2) is 0 Å². The number of carbonyl (C=O) groups is 2. The van der Waals surface area contributed by atoms with Crippen LogP contribution >= 0.6 is 0 Å². The van der Waals surface area contributed by atoms with Gasteiger partial charge in [-0.15, -0.1) is 0 Å². The van der Waals surface area contributed by atoms with Crippen molar-refractivity contribution in [3.63, 3.8) is 0 Å². The van der Waals surface area contributed by atoms with Gasteiger partial charge in [0.25, 0.3) is 5.91 Å². The minimum atomic E-state index is -1.01. The lowest BCUT2D eigenvalue weighted by molar-refractivity contribution is 0.0928. The molecule has 0 bridgehead atoms. The zero-order chi connectivity index (χ0) is 30.8. The molecule has 226 valence electrons. The fourth-order valence-corrected chi connectivity index (χ4v) is 6.76. The second-order valence-corrected chi connectivity index (χ2v) is 12.1. The standard InChI is InChI=1S/C33H41N7O3/c1-21-8-6-9-24-10-7-11-28(29(21)24)38-15-13-26-27(20-38)36-30(32(41)35-22(2)18-37(4)5)23(3)31(26)39-16-17-40(33(42)43)25(19-39)12-14-34/h6-11,22,25H,12-13,15-20H2,1-5H3,(H,35,41)(H,42,43)/t22?,25-/m0/s1. The molecule has 2 N–H and O–H groups in total. The highest BCUT2D eigenvalue weighted by Gasteiger charge is 2.35. The maximum atomic E-state index is 13.7. The molecule has 2 aliphatic heterocycles. The molecule has 2 atom stereocenters. The number of benzene rings is 2. The van der Waals surface area contributed by atoms with Gasteiger partial charge in [0.1, 0.15) is 5.69 Å². The van der Waals surface area contributed by atoms with Crippen molar-refractivity contribution in [2.24, 2.45) is 0 Å². The topological polar surface area (TPSA) is 116 Å². The number of carboxylic acid groups (broad SMARTS) is 1. The van der Waals surface area contributed by atoms with E-state index in [0.29, 0.717) is 38.4 Å². The van der Waals surface area contributed by atoms with Crippen LogP contribution in [0.1, 0.15) is 46.2 Å². The van der Waals surface area contributed by atoms with Crippen molar-refractivity contribution in [3.8, 4) is 6.07 Å². The Morgan fingerprint density at radius 3 is 2.58 bits per heavy atom. The maximum absolute atomic E-state index is 13.7. The Kier molecular flexibility index (Phi) is 8.74. The number of anilines is 2. The molecule has 1 saturated heterocycles. The van der Waals surface area contributed by atoms with Crippen molar-refractivity contribution >= 4 is 34.1 Å². The molecule has 1 unspecified atom stereocenters. The van der Waals surface area contributed by atoms with E-state index < -0.39 is 12.1 Å². The molecule has 0 aliphatic carbocycles. The van der Waals surface area contributed by atoms with E-state index in [2.05, 4.69) is 64.5 Å². The lowest BCUT2D eigenvalue weighted by Gasteiger charge is -2.43. The first-order chi connectivity index (χ1) is 20.6. The van der Waals surface area contributed by atoms with Gasteiger partial charge >= 0.3 is 6.09 Å². The Labute approximate surface area is 253 Å². The summed E-state index contributed by atoms with van der Waals surface area (Å²) in [6.07, 6.45) is -0.162. The molecule has 10 nitrogen and oxygen atoms in total. The number of nitrogens with zero attached hydrogens (tertiary/aromatic N) is 6. The Morgan fingerprint density at radius 1 is 1.14 bits per heavy atom. The number of fused-ring (bicyclic) bond motifs is 2. The first-order valence-electron chi connectivity index (χ1n) is 14.9. The Morgan fingerprint density at radius 2 is 1.88 bits per heavy atom. The number of aromatic nitrogens is 1. The zero-order valence-electron chi connectivity index (χ0n) is 25.7. The van der Waals surface area contributed by atoms with Gasteiger partial charge in [-0.3, -0.25) is 4.79 Å². The quantitative estimate of drug-likeness (QED) is 0.426. The van der Waals surface area contributed by atoms with Crippen molar-refractivity contribution in [1.82, 2.24) is 20.1 Å². The third-order valence-electron chi connectivity index (χ3n) is 8.60. The van der Waals surface area contributed by atoms with Gasteiger partial charge in [-0.25, -0.2) is 9.78 Å². The molecule has 2 aromatic carbocycles. The summed E-state index contributed by atoms with van der Waals surface area (Å²) in [4.78, 5) is 38.6. The predicted octanol–water partition coefficient (Wildman–Crippen LogP) is 4.18. The van der Waals surface area contributed by atoms with Crippen molar-refractivity contribution in [3.05, 3.63) is 64.5 Å². The van der Waals surface area contributed by atoms with E-state index in [1.54, 1.807) is 0 Å². The minimum Gasteiger partial charge on any atom is -0.465 e. The average Bonchev–Trinajstić information content (AvgIpc) is 2.96. The number of piperazine rings is 1. The van der Waals surface area contributed by atoms with Crippen LogP contribution in [-0.2, 0) is 13.0 Å². The monoisotopic (exact) mass is 583 g/mol. The molecule has 3 heterocycles. The second kappa shape index (κ2) is 12.5. The van der Waals surface area contributed by atoms with Crippen LogP contribution in [0.25, 0.3) is 10.8 Å². The van der Waals surface area contributed by atoms with Gasteiger partial charge in [-0.1, -0.05) is 30.3 Å². The molecule has 0 saturated carbocycles. The molecular weight excluding hydrogens is 542 g/mol. The number of pyridine rings is 1. The minimum absolute atomic E-state index is 0.0718. The Balaban J connectivity index is 1.57. The predicted molar refractivity (Wildman–Crippen MR) is 169 cm³/mol. The van der Waals surface area contributed by atoms with E-state index in [9.17, 15) is 20.0 Å². The number of hydrogen-bond acceptors (Lipinski definition) is 7. The lowest BCUT2D eigenvalue weighted by atomic mass is 9.94. The normalized spacial score (nSPS) is 17.5. The SMILES string of the molecule is Cc1c(C(=O)NC(C)CN(C)C)nc2c(c1N1CCN(C(=O)O)[C@@H](CC#N)C1)CCN(c1cccc3cccc(C)c13)C2. The summed E-state index contributed by atoms with van der Waals surface area (Å²) < 4.78 is 0. The summed E-state index contributed by atoms with van der Waals surface area (Å²) in [7, 11) is 3.95. The van der Waals surface area contributed by atoms with E-state index in [-0.39, 0.29) is 18.4 Å².